The number of rotatable bonds is 8. The van der Waals surface area contributed by atoms with E-state index in [1.54, 1.807) is 25.1 Å². The van der Waals surface area contributed by atoms with Crippen molar-refractivity contribution in [2.75, 3.05) is 12.3 Å². The molecule has 0 radical (unpaired) electrons. The van der Waals surface area contributed by atoms with Gasteiger partial charge in [0.25, 0.3) is 0 Å². The summed E-state index contributed by atoms with van der Waals surface area (Å²) in [4.78, 5) is 12.3. The number of hydrogen-bond donors (Lipinski definition) is 2. The Morgan fingerprint density at radius 2 is 2.10 bits per heavy atom. The van der Waals surface area contributed by atoms with Crippen LogP contribution in [0.5, 0.6) is 0 Å². The maximum Gasteiger partial charge on any atom is 0.220 e. The van der Waals surface area contributed by atoms with Crippen molar-refractivity contribution in [1.82, 2.24) is 5.32 Å². The van der Waals surface area contributed by atoms with Crippen LogP contribution < -0.4 is 5.32 Å². The molecule has 0 aliphatic carbocycles. The molecule has 1 unspecified atom stereocenters. The molecule has 0 spiro atoms. The average Bonchev–Trinajstić information content (AvgIpc) is 2.37. The third-order valence-corrected chi connectivity index (χ3v) is 3.99. The van der Waals surface area contributed by atoms with Crippen molar-refractivity contribution >= 4 is 17.7 Å². The van der Waals surface area contributed by atoms with Gasteiger partial charge in [0.15, 0.2) is 0 Å². The summed E-state index contributed by atoms with van der Waals surface area (Å²) in [6, 6.07) is 6.52. The van der Waals surface area contributed by atoms with Gasteiger partial charge in [-0.05, 0) is 31.4 Å². The molecular formula is C16H24FNO2S. The van der Waals surface area contributed by atoms with E-state index in [1.807, 2.05) is 13.8 Å². The fourth-order valence-electron chi connectivity index (χ4n) is 2.14. The summed E-state index contributed by atoms with van der Waals surface area (Å²) in [6.07, 6.45) is 0.939. The first-order valence-electron chi connectivity index (χ1n) is 7.16. The van der Waals surface area contributed by atoms with Crippen LogP contribution in [0.25, 0.3) is 0 Å². The molecule has 1 amide bonds. The van der Waals surface area contributed by atoms with E-state index < -0.39 is 5.60 Å². The second-order valence-electron chi connectivity index (χ2n) is 5.90. The summed E-state index contributed by atoms with van der Waals surface area (Å²) in [6.45, 7) is 6.03. The molecule has 0 aromatic heterocycles. The molecule has 0 aliphatic heterocycles. The number of carbonyl (C=O) groups excluding carboxylic acids is 1. The van der Waals surface area contributed by atoms with Crippen LogP contribution in [0.15, 0.2) is 29.2 Å². The second-order valence-corrected chi connectivity index (χ2v) is 7.04. The van der Waals surface area contributed by atoms with E-state index >= 15 is 0 Å². The molecule has 1 rings (SSSR count). The maximum absolute atomic E-state index is 13.4. The molecule has 5 heteroatoms. The van der Waals surface area contributed by atoms with Gasteiger partial charge in [0, 0.05) is 23.6 Å². The first-order valence-corrected chi connectivity index (χ1v) is 8.15. The lowest BCUT2D eigenvalue weighted by molar-refractivity contribution is -0.121. The number of aliphatic hydroxyl groups is 1. The van der Waals surface area contributed by atoms with Crippen LogP contribution in [0.1, 0.15) is 33.6 Å². The van der Waals surface area contributed by atoms with Crippen molar-refractivity contribution < 1.29 is 14.3 Å². The molecule has 2 N–H and O–H groups in total. The number of amides is 1. The molecule has 118 valence electrons. The van der Waals surface area contributed by atoms with Gasteiger partial charge >= 0.3 is 0 Å². The monoisotopic (exact) mass is 313 g/mol. The topological polar surface area (TPSA) is 49.3 Å². The normalized spacial score (nSPS) is 14.0. The summed E-state index contributed by atoms with van der Waals surface area (Å²) in [5.74, 6) is 0.498. The van der Waals surface area contributed by atoms with Crippen molar-refractivity contribution in [3.63, 3.8) is 0 Å². The van der Waals surface area contributed by atoms with Crippen molar-refractivity contribution in [2.24, 2.45) is 5.92 Å². The molecule has 0 heterocycles. The predicted octanol–water partition coefficient (Wildman–Crippen LogP) is 3.22. The van der Waals surface area contributed by atoms with Crippen LogP contribution in [-0.4, -0.2) is 28.9 Å². The third kappa shape index (κ3) is 7.48. The van der Waals surface area contributed by atoms with E-state index in [9.17, 15) is 14.3 Å². The van der Waals surface area contributed by atoms with Crippen LogP contribution in [-0.2, 0) is 4.79 Å². The van der Waals surface area contributed by atoms with Crippen molar-refractivity contribution in [3.8, 4) is 0 Å². The average molecular weight is 313 g/mol. The first-order chi connectivity index (χ1) is 9.80. The van der Waals surface area contributed by atoms with E-state index in [4.69, 9.17) is 0 Å². The molecule has 1 aromatic carbocycles. The summed E-state index contributed by atoms with van der Waals surface area (Å²) < 4.78 is 13.4. The van der Waals surface area contributed by atoms with Crippen molar-refractivity contribution in [3.05, 3.63) is 30.1 Å². The van der Waals surface area contributed by atoms with Gasteiger partial charge < -0.3 is 10.4 Å². The molecule has 21 heavy (non-hydrogen) atoms. The zero-order valence-electron chi connectivity index (χ0n) is 12.9. The Morgan fingerprint density at radius 1 is 1.43 bits per heavy atom. The predicted molar refractivity (Wildman–Crippen MR) is 84.8 cm³/mol. The Morgan fingerprint density at radius 3 is 2.71 bits per heavy atom. The Bertz CT molecular complexity index is 463. The van der Waals surface area contributed by atoms with Crippen molar-refractivity contribution in [1.29, 1.82) is 0 Å². The SMILES string of the molecule is CC(C)CC(C)(O)CNC(=O)CCSc1ccccc1F. The highest BCUT2D eigenvalue weighted by molar-refractivity contribution is 7.99. The van der Waals surface area contributed by atoms with E-state index in [-0.39, 0.29) is 18.3 Å². The van der Waals surface area contributed by atoms with E-state index in [0.29, 0.717) is 29.4 Å². The Hall–Kier alpha value is -1.07. The van der Waals surface area contributed by atoms with Crippen molar-refractivity contribution in [2.45, 2.75) is 44.1 Å². The van der Waals surface area contributed by atoms with E-state index in [0.717, 1.165) is 0 Å². The summed E-state index contributed by atoms with van der Waals surface area (Å²) in [5, 5.41) is 12.8. The van der Waals surface area contributed by atoms with Crippen LogP contribution in [0, 0.1) is 11.7 Å². The number of halogens is 1. The minimum absolute atomic E-state index is 0.122. The molecule has 0 saturated carbocycles. The fourth-order valence-corrected chi connectivity index (χ4v) is 3.03. The van der Waals surface area contributed by atoms with Gasteiger partial charge in [-0.3, -0.25) is 4.79 Å². The number of benzene rings is 1. The van der Waals surface area contributed by atoms with E-state index in [2.05, 4.69) is 5.32 Å². The van der Waals surface area contributed by atoms with Crippen LogP contribution in [0.2, 0.25) is 0 Å². The molecule has 1 atom stereocenters. The smallest absolute Gasteiger partial charge is 0.220 e. The van der Waals surface area contributed by atoms with Gasteiger partial charge in [-0.1, -0.05) is 26.0 Å². The summed E-state index contributed by atoms with van der Waals surface area (Å²) in [7, 11) is 0. The Labute approximate surface area is 130 Å². The first kappa shape index (κ1) is 18.0. The lowest BCUT2D eigenvalue weighted by Crippen LogP contribution is -2.41. The second kappa shape index (κ2) is 8.39. The number of nitrogens with one attached hydrogen (secondary N) is 1. The van der Waals surface area contributed by atoms with Gasteiger partial charge in [0.05, 0.1) is 5.60 Å². The van der Waals surface area contributed by atoms with Crippen LogP contribution >= 0.6 is 11.8 Å². The third-order valence-electron chi connectivity index (χ3n) is 2.94. The zero-order valence-corrected chi connectivity index (χ0v) is 13.7. The van der Waals surface area contributed by atoms with Gasteiger partial charge in [-0.25, -0.2) is 4.39 Å². The van der Waals surface area contributed by atoms with Gasteiger partial charge in [-0.2, -0.15) is 0 Å². The fraction of sp³-hybridized carbons (Fsp3) is 0.562. The lowest BCUT2D eigenvalue weighted by atomic mass is 9.94. The summed E-state index contributed by atoms with van der Waals surface area (Å²) in [5.41, 5.74) is -0.886. The minimum Gasteiger partial charge on any atom is -0.388 e. The minimum atomic E-state index is -0.886. The standard InChI is InChI=1S/C16H24FNO2S/c1-12(2)10-16(3,20)11-18-15(19)8-9-21-14-7-5-4-6-13(14)17/h4-7,12,20H,8-11H2,1-3H3,(H,18,19). The highest BCUT2D eigenvalue weighted by atomic mass is 32.2. The van der Waals surface area contributed by atoms with Gasteiger partial charge in [-0.15, -0.1) is 11.8 Å². The quantitative estimate of drug-likeness (QED) is 0.725. The van der Waals surface area contributed by atoms with E-state index in [1.165, 1.54) is 17.8 Å². The number of carbonyl (C=O) groups is 1. The highest BCUT2D eigenvalue weighted by Crippen LogP contribution is 2.21. The van der Waals surface area contributed by atoms with Gasteiger partial charge in [0.2, 0.25) is 5.91 Å². The molecule has 0 bridgehead atoms. The van der Waals surface area contributed by atoms with Gasteiger partial charge in [0.1, 0.15) is 5.82 Å². The largest absolute Gasteiger partial charge is 0.388 e. The Balaban J connectivity index is 2.27. The maximum atomic E-state index is 13.4. The number of thioether (sulfide) groups is 1. The lowest BCUT2D eigenvalue weighted by Gasteiger charge is -2.25. The van der Waals surface area contributed by atoms with Crippen LogP contribution in [0.3, 0.4) is 0 Å². The molecule has 0 saturated heterocycles. The molecule has 3 nitrogen and oxygen atoms in total. The molecule has 0 fully saturated rings. The molecule has 1 aromatic rings. The number of hydrogen-bond acceptors (Lipinski definition) is 3. The molecule has 0 aliphatic rings. The zero-order chi connectivity index (χ0) is 15.9. The summed E-state index contributed by atoms with van der Waals surface area (Å²) >= 11 is 1.32. The van der Waals surface area contributed by atoms with Crippen LogP contribution in [0.4, 0.5) is 4.39 Å². The Kier molecular flexibility index (Phi) is 7.18. The highest BCUT2D eigenvalue weighted by Gasteiger charge is 2.22. The molecular weight excluding hydrogens is 289 g/mol.